The van der Waals surface area contributed by atoms with Gasteiger partial charge in [0.15, 0.2) is 0 Å². The van der Waals surface area contributed by atoms with E-state index in [4.69, 9.17) is 10.2 Å². The topological polar surface area (TPSA) is 74.6 Å². The molecule has 1 radical (unpaired) electrons. The summed E-state index contributed by atoms with van der Waals surface area (Å²) in [6, 6.07) is 0. The van der Waals surface area contributed by atoms with Gasteiger partial charge >= 0.3 is 11.9 Å². The maximum absolute atomic E-state index is 10.3. The number of hydrogen-bond acceptors (Lipinski definition) is 2. The predicted octanol–water partition coefficient (Wildman–Crippen LogP) is 5.06. The van der Waals surface area contributed by atoms with Crippen LogP contribution >= 0.6 is 0 Å². The van der Waals surface area contributed by atoms with Crippen LogP contribution in [0.5, 0.6) is 0 Å². The molecule has 23 heavy (non-hydrogen) atoms. The Balaban J connectivity index is -0.000000333. The Morgan fingerprint density at radius 3 is 1.09 bits per heavy atom. The molecule has 0 rings (SSSR count). The molecular weight excluding hydrogens is 339 g/mol. The van der Waals surface area contributed by atoms with Crippen molar-refractivity contribution >= 4 is 11.9 Å². The van der Waals surface area contributed by atoms with E-state index in [0.29, 0.717) is 0 Å². The number of rotatable bonds is 6. The minimum atomic E-state index is -0.693. The molecule has 5 heteroatoms. The van der Waals surface area contributed by atoms with Crippen molar-refractivity contribution in [3.63, 3.8) is 0 Å². The second-order valence-electron chi connectivity index (χ2n) is 8.94. The van der Waals surface area contributed by atoms with Crippen LogP contribution < -0.4 is 0 Å². The van der Waals surface area contributed by atoms with Crippen molar-refractivity contribution in [1.29, 1.82) is 0 Å². The van der Waals surface area contributed by atoms with E-state index in [2.05, 4.69) is 41.5 Å². The van der Waals surface area contributed by atoms with Crippen molar-refractivity contribution in [3.8, 4) is 0 Å². The summed E-state index contributed by atoms with van der Waals surface area (Å²) in [7, 11) is 0. The van der Waals surface area contributed by atoms with Crippen molar-refractivity contribution in [1.82, 2.24) is 0 Å². The Hall–Kier alpha value is -0.554. The Bertz CT molecular complexity index is 306. The third kappa shape index (κ3) is 26.6. The summed E-state index contributed by atoms with van der Waals surface area (Å²) in [6.07, 6.45) is 2.52. The predicted molar refractivity (Wildman–Crippen MR) is 91.0 cm³/mol. The van der Waals surface area contributed by atoms with E-state index in [9.17, 15) is 9.59 Å². The first kappa shape index (κ1) is 27.3. The molecule has 0 saturated heterocycles. The normalized spacial score (nSPS) is 13.9. The second-order valence-corrected chi connectivity index (χ2v) is 8.94. The molecule has 4 nitrogen and oxygen atoms in total. The molecule has 2 unspecified atom stereocenters. The van der Waals surface area contributed by atoms with Gasteiger partial charge in [0.2, 0.25) is 0 Å². The molecule has 2 atom stereocenters. The van der Waals surface area contributed by atoms with Gasteiger partial charge in [-0.15, -0.1) is 0 Å². The Labute approximate surface area is 152 Å². The monoisotopic (exact) mass is 375 g/mol. The summed E-state index contributed by atoms with van der Waals surface area (Å²) in [4.78, 5) is 20.6. The minimum absolute atomic E-state index is 0. The number of hydrogen-bond donors (Lipinski definition) is 2. The third-order valence-corrected chi connectivity index (χ3v) is 2.97. The summed E-state index contributed by atoms with van der Waals surface area (Å²) >= 11 is 0. The van der Waals surface area contributed by atoms with Gasteiger partial charge in [-0.05, 0) is 35.5 Å². The van der Waals surface area contributed by atoms with Gasteiger partial charge in [-0.25, -0.2) is 0 Å². The number of carbonyl (C=O) groups is 2. The number of aliphatic carboxylic acids is 2. The molecular formula is C18H36CoO4. The summed E-state index contributed by atoms with van der Waals surface area (Å²) < 4.78 is 0. The fourth-order valence-corrected chi connectivity index (χ4v) is 2.83. The van der Waals surface area contributed by atoms with Gasteiger partial charge in [0.25, 0.3) is 0 Å². The zero-order chi connectivity index (χ0) is 18.1. The molecule has 0 aliphatic carbocycles. The molecule has 2 N–H and O–H groups in total. The van der Waals surface area contributed by atoms with Gasteiger partial charge < -0.3 is 10.2 Å². The largest absolute Gasteiger partial charge is 0.481 e. The Kier molecular flexibility index (Phi) is 14.1. The van der Waals surface area contributed by atoms with Crippen LogP contribution in [0.15, 0.2) is 0 Å². The van der Waals surface area contributed by atoms with Crippen molar-refractivity contribution in [3.05, 3.63) is 0 Å². The van der Waals surface area contributed by atoms with Crippen LogP contribution in [0.3, 0.4) is 0 Å². The van der Waals surface area contributed by atoms with E-state index in [1.807, 2.05) is 13.8 Å². The zero-order valence-corrected chi connectivity index (χ0v) is 17.1. The van der Waals surface area contributed by atoms with Gasteiger partial charge in [0.1, 0.15) is 0 Å². The summed E-state index contributed by atoms with van der Waals surface area (Å²) in [5.41, 5.74) is 0.490. The Morgan fingerprint density at radius 1 is 0.739 bits per heavy atom. The van der Waals surface area contributed by atoms with Gasteiger partial charge in [-0.3, -0.25) is 9.59 Å². The average Bonchev–Trinajstić information content (AvgIpc) is 2.07. The molecule has 0 amide bonds. The first-order valence-electron chi connectivity index (χ1n) is 8.06. The number of carboxylic acids is 2. The first-order valence-corrected chi connectivity index (χ1v) is 8.06. The molecule has 0 heterocycles. The molecule has 0 aromatic heterocycles. The van der Waals surface area contributed by atoms with E-state index in [1.54, 1.807) is 0 Å². The van der Waals surface area contributed by atoms with Crippen molar-refractivity contribution in [2.75, 3.05) is 0 Å². The van der Waals surface area contributed by atoms with Crippen LogP contribution in [-0.4, -0.2) is 22.2 Å². The molecule has 0 fully saturated rings. The van der Waals surface area contributed by atoms with Crippen LogP contribution in [0, 0.1) is 22.7 Å². The van der Waals surface area contributed by atoms with Gasteiger partial charge in [0.05, 0.1) is 0 Å². The van der Waals surface area contributed by atoms with E-state index >= 15 is 0 Å². The molecule has 0 aliphatic rings. The van der Waals surface area contributed by atoms with Gasteiger partial charge in [0, 0.05) is 29.6 Å². The maximum atomic E-state index is 10.3. The Morgan fingerprint density at radius 2 is 0.957 bits per heavy atom. The van der Waals surface area contributed by atoms with E-state index < -0.39 is 11.9 Å². The summed E-state index contributed by atoms with van der Waals surface area (Å²) in [5, 5.41) is 17.0. The second kappa shape index (κ2) is 11.9. The van der Waals surface area contributed by atoms with Gasteiger partial charge in [-0.2, -0.15) is 0 Å². The number of carboxylic acid groups (broad SMARTS) is 2. The van der Waals surface area contributed by atoms with E-state index in [1.165, 1.54) is 0 Å². The SMILES string of the molecule is CC(CC(=O)O)CC(C)(C)C.CC(CC(=O)O)CC(C)(C)C.[Co]. The van der Waals surface area contributed by atoms with Crippen molar-refractivity contribution in [2.24, 2.45) is 22.7 Å². The van der Waals surface area contributed by atoms with Crippen LogP contribution in [0.4, 0.5) is 0 Å². The molecule has 0 bridgehead atoms. The first-order chi connectivity index (χ1) is 9.62. The van der Waals surface area contributed by atoms with Crippen LogP contribution in [0.25, 0.3) is 0 Å². The molecule has 0 saturated carbocycles. The van der Waals surface area contributed by atoms with E-state index in [-0.39, 0.29) is 52.3 Å². The van der Waals surface area contributed by atoms with E-state index in [0.717, 1.165) is 12.8 Å². The van der Waals surface area contributed by atoms with Gasteiger partial charge in [-0.1, -0.05) is 55.4 Å². The van der Waals surface area contributed by atoms with Crippen molar-refractivity contribution < 1.29 is 36.6 Å². The molecule has 0 spiro atoms. The zero-order valence-electron chi connectivity index (χ0n) is 16.0. The smallest absolute Gasteiger partial charge is 0.303 e. The standard InChI is InChI=1S/2C9H18O2.Co/c2*1-7(5-8(10)11)6-9(2,3)4;/h2*7H,5-6H2,1-4H3,(H,10,11);. The van der Waals surface area contributed by atoms with Crippen LogP contribution in [0.1, 0.15) is 81.1 Å². The van der Waals surface area contributed by atoms with Crippen LogP contribution in [0.2, 0.25) is 0 Å². The van der Waals surface area contributed by atoms with Crippen LogP contribution in [-0.2, 0) is 26.4 Å². The fraction of sp³-hybridized carbons (Fsp3) is 0.889. The third-order valence-electron chi connectivity index (χ3n) is 2.97. The molecule has 0 aliphatic heterocycles. The molecule has 0 aromatic carbocycles. The average molecular weight is 375 g/mol. The summed E-state index contributed by atoms with van der Waals surface area (Å²) in [5.74, 6) is -0.816. The minimum Gasteiger partial charge on any atom is -0.481 e. The molecule has 141 valence electrons. The fourth-order valence-electron chi connectivity index (χ4n) is 2.83. The maximum Gasteiger partial charge on any atom is 0.303 e. The quantitative estimate of drug-likeness (QED) is 0.680. The molecule has 0 aromatic rings. The van der Waals surface area contributed by atoms with Crippen molar-refractivity contribution in [2.45, 2.75) is 81.1 Å². The summed E-state index contributed by atoms with van der Waals surface area (Å²) in [6.45, 7) is 16.8.